The third-order valence-electron chi connectivity index (χ3n) is 4.47. The van der Waals surface area contributed by atoms with Gasteiger partial charge in [0.05, 0.1) is 11.3 Å². The molecule has 1 heterocycles. The van der Waals surface area contributed by atoms with E-state index >= 15 is 0 Å². The van der Waals surface area contributed by atoms with Crippen LogP contribution >= 0.6 is 11.6 Å². The molecule has 0 spiro atoms. The van der Waals surface area contributed by atoms with Gasteiger partial charge < -0.3 is 22.1 Å². The second-order valence-electron chi connectivity index (χ2n) is 6.94. The molecule has 1 aromatic heterocycles. The molecule has 0 aliphatic heterocycles. The third-order valence-corrected chi connectivity index (χ3v) is 4.69. The van der Waals surface area contributed by atoms with Crippen LogP contribution in [0.25, 0.3) is 0 Å². The predicted molar refractivity (Wildman–Crippen MR) is 131 cm³/mol. The Bertz CT molecular complexity index is 1130. The first-order valence-electron chi connectivity index (χ1n) is 9.99. The van der Waals surface area contributed by atoms with Crippen LogP contribution in [0.3, 0.4) is 0 Å². The quantitative estimate of drug-likeness (QED) is 0.460. The highest BCUT2D eigenvalue weighted by molar-refractivity contribution is 6.32. The highest BCUT2D eigenvalue weighted by Crippen LogP contribution is 2.21. The van der Waals surface area contributed by atoms with Gasteiger partial charge in [0.25, 0.3) is 5.91 Å². The normalized spacial score (nSPS) is 11.8. The molecule has 0 aliphatic rings. The molecule has 0 radical (unpaired) electrons. The molecule has 1 amide bonds. The van der Waals surface area contributed by atoms with Crippen molar-refractivity contribution in [3.63, 3.8) is 0 Å². The number of allylic oxidation sites excluding steroid dienone is 2. The van der Waals surface area contributed by atoms with Crippen molar-refractivity contribution in [2.75, 3.05) is 18.8 Å². The Kier molecular flexibility index (Phi) is 8.45. The minimum atomic E-state index is -0.140. The molecule has 8 heteroatoms. The van der Waals surface area contributed by atoms with Gasteiger partial charge in [0.2, 0.25) is 0 Å². The molecule has 32 heavy (non-hydrogen) atoms. The second kappa shape index (κ2) is 11.0. The van der Waals surface area contributed by atoms with Gasteiger partial charge in [-0.15, -0.1) is 0 Å². The standard InChI is InChI=1S/C24H27ClN6O/c1-5-31(6-2)24(32)19-11-18(12-20(25)13-19)23(30-16(4)27)21(15(3)26)9-7-17-8-10-22(28)29-14-17/h8,10-14H,4-6,26-27H2,1-3H3,(H2,28,29)/b21-15-,30-23?. The SMILES string of the molecule is C=C(N)N=C(/C(C#Cc1ccc(N)nc1)=C(/C)N)c1cc(Cl)cc(C(=O)N(CC)CC)c1. The molecule has 0 aliphatic carbocycles. The zero-order chi connectivity index (χ0) is 23.8. The average Bonchev–Trinajstić information content (AvgIpc) is 2.74. The zero-order valence-electron chi connectivity index (χ0n) is 18.4. The van der Waals surface area contributed by atoms with Gasteiger partial charge in [-0.2, -0.15) is 0 Å². The number of rotatable bonds is 6. The number of carbonyl (C=O) groups is 1. The summed E-state index contributed by atoms with van der Waals surface area (Å²) in [6.45, 7) is 10.4. The molecular weight excluding hydrogens is 424 g/mol. The van der Waals surface area contributed by atoms with E-state index in [-0.39, 0.29) is 11.7 Å². The number of aliphatic imine (C=N–C) groups is 1. The first-order valence-corrected chi connectivity index (χ1v) is 10.4. The van der Waals surface area contributed by atoms with Crippen molar-refractivity contribution in [3.05, 3.63) is 81.9 Å². The van der Waals surface area contributed by atoms with Gasteiger partial charge in [-0.1, -0.05) is 30.0 Å². The van der Waals surface area contributed by atoms with Gasteiger partial charge in [0, 0.05) is 46.7 Å². The van der Waals surface area contributed by atoms with E-state index in [1.54, 1.807) is 48.4 Å². The molecule has 0 saturated heterocycles. The molecule has 0 atom stereocenters. The third kappa shape index (κ3) is 6.37. The molecule has 2 aromatic rings. The van der Waals surface area contributed by atoms with E-state index < -0.39 is 0 Å². The van der Waals surface area contributed by atoms with Crippen LogP contribution in [0.2, 0.25) is 5.02 Å². The minimum Gasteiger partial charge on any atom is -0.401 e. The van der Waals surface area contributed by atoms with Gasteiger partial charge in [0.1, 0.15) is 11.6 Å². The van der Waals surface area contributed by atoms with E-state index in [2.05, 4.69) is 28.4 Å². The number of benzene rings is 1. The lowest BCUT2D eigenvalue weighted by Gasteiger charge is -2.19. The number of nitrogens with two attached hydrogens (primary N) is 3. The lowest BCUT2D eigenvalue weighted by molar-refractivity contribution is 0.0773. The molecule has 0 saturated carbocycles. The van der Waals surface area contributed by atoms with Crippen LogP contribution in [0, 0.1) is 11.8 Å². The van der Waals surface area contributed by atoms with Crippen molar-refractivity contribution in [2.45, 2.75) is 20.8 Å². The van der Waals surface area contributed by atoms with Crippen LogP contribution in [0.1, 0.15) is 42.3 Å². The number of nitrogens with zero attached hydrogens (tertiary/aromatic N) is 3. The van der Waals surface area contributed by atoms with Crippen molar-refractivity contribution < 1.29 is 4.79 Å². The molecule has 2 rings (SSSR count). The van der Waals surface area contributed by atoms with Crippen LogP contribution in [-0.4, -0.2) is 34.6 Å². The summed E-state index contributed by atoms with van der Waals surface area (Å²) in [5.74, 6) is 6.35. The van der Waals surface area contributed by atoms with E-state index in [0.717, 1.165) is 0 Å². The van der Waals surface area contributed by atoms with Crippen LogP contribution in [0.15, 0.2) is 65.2 Å². The molecule has 0 unspecified atom stereocenters. The summed E-state index contributed by atoms with van der Waals surface area (Å²) in [6, 6.07) is 8.39. The highest BCUT2D eigenvalue weighted by Gasteiger charge is 2.18. The summed E-state index contributed by atoms with van der Waals surface area (Å²) in [4.78, 5) is 23.0. The van der Waals surface area contributed by atoms with E-state index in [1.165, 1.54) is 0 Å². The molecular formula is C24H27ClN6O. The number of carbonyl (C=O) groups excluding carboxylic acids is 1. The fourth-order valence-corrected chi connectivity index (χ4v) is 3.15. The molecule has 166 valence electrons. The summed E-state index contributed by atoms with van der Waals surface area (Å²) >= 11 is 6.35. The first kappa shape index (κ1) is 24.5. The van der Waals surface area contributed by atoms with E-state index in [9.17, 15) is 4.79 Å². The summed E-state index contributed by atoms with van der Waals surface area (Å²) in [7, 11) is 0. The number of nitrogen functional groups attached to an aromatic ring is 1. The molecule has 1 aromatic carbocycles. The van der Waals surface area contributed by atoms with Crippen molar-refractivity contribution >= 4 is 29.0 Å². The van der Waals surface area contributed by atoms with Gasteiger partial charge >= 0.3 is 0 Å². The Morgan fingerprint density at radius 3 is 2.38 bits per heavy atom. The maximum atomic E-state index is 12.9. The largest absolute Gasteiger partial charge is 0.401 e. The summed E-state index contributed by atoms with van der Waals surface area (Å²) in [5.41, 5.74) is 20.4. The van der Waals surface area contributed by atoms with Crippen LogP contribution < -0.4 is 17.2 Å². The van der Waals surface area contributed by atoms with E-state index in [4.69, 9.17) is 28.8 Å². The number of halogens is 1. The van der Waals surface area contributed by atoms with Crippen molar-refractivity contribution in [3.8, 4) is 11.8 Å². The van der Waals surface area contributed by atoms with Gasteiger partial charge in [-0.25, -0.2) is 9.98 Å². The summed E-state index contributed by atoms with van der Waals surface area (Å²) in [5, 5.41) is 0.373. The Hall–Kier alpha value is -3.76. The van der Waals surface area contributed by atoms with Crippen LogP contribution in [-0.2, 0) is 0 Å². The van der Waals surface area contributed by atoms with E-state index in [1.807, 2.05) is 13.8 Å². The minimum absolute atomic E-state index is 0.0614. The number of amides is 1. The zero-order valence-corrected chi connectivity index (χ0v) is 19.2. The smallest absolute Gasteiger partial charge is 0.253 e. The van der Waals surface area contributed by atoms with Gasteiger partial charge in [-0.3, -0.25) is 4.79 Å². The Balaban J connectivity index is 2.63. The predicted octanol–water partition coefficient (Wildman–Crippen LogP) is 3.30. The number of aromatic nitrogens is 1. The number of hydrogen-bond acceptors (Lipinski definition) is 6. The number of hydrogen-bond donors (Lipinski definition) is 3. The van der Waals surface area contributed by atoms with Crippen molar-refractivity contribution in [1.82, 2.24) is 9.88 Å². The van der Waals surface area contributed by atoms with E-state index in [0.29, 0.717) is 57.6 Å². The molecule has 6 N–H and O–H groups in total. The highest BCUT2D eigenvalue weighted by atomic mass is 35.5. The number of anilines is 1. The maximum absolute atomic E-state index is 12.9. The first-order chi connectivity index (χ1) is 15.2. The Labute approximate surface area is 193 Å². The topological polar surface area (TPSA) is 124 Å². The Morgan fingerprint density at radius 2 is 1.84 bits per heavy atom. The van der Waals surface area contributed by atoms with Crippen LogP contribution in [0.5, 0.6) is 0 Å². The Morgan fingerprint density at radius 1 is 1.19 bits per heavy atom. The molecule has 0 bridgehead atoms. The van der Waals surface area contributed by atoms with Crippen molar-refractivity contribution in [2.24, 2.45) is 16.5 Å². The lowest BCUT2D eigenvalue weighted by Crippen LogP contribution is -2.30. The number of pyridine rings is 1. The maximum Gasteiger partial charge on any atom is 0.253 e. The van der Waals surface area contributed by atoms with Gasteiger partial charge in [-0.05, 0) is 51.1 Å². The molecule has 0 fully saturated rings. The van der Waals surface area contributed by atoms with Gasteiger partial charge in [0.15, 0.2) is 0 Å². The fraction of sp³-hybridized carbons (Fsp3) is 0.208. The molecule has 7 nitrogen and oxygen atoms in total. The summed E-state index contributed by atoms with van der Waals surface area (Å²) in [6.07, 6.45) is 1.56. The fourth-order valence-electron chi connectivity index (χ4n) is 2.91. The van der Waals surface area contributed by atoms with Crippen LogP contribution in [0.4, 0.5) is 5.82 Å². The monoisotopic (exact) mass is 450 g/mol. The second-order valence-corrected chi connectivity index (χ2v) is 7.37. The van der Waals surface area contributed by atoms with Crippen molar-refractivity contribution in [1.29, 1.82) is 0 Å². The lowest BCUT2D eigenvalue weighted by atomic mass is 9.98. The average molecular weight is 451 g/mol. The summed E-state index contributed by atoms with van der Waals surface area (Å²) < 4.78 is 0.